The first kappa shape index (κ1) is 14.3. The molecule has 0 aliphatic heterocycles. The Bertz CT molecular complexity index is 278. The fraction of sp³-hybridized carbons (Fsp3) is 0.643. The van der Waals surface area contributed by atoms with Crippen LogP contribution in [0.4, 0.5) is 0 Å². The van der Waals surface area contributed by atoms with Gasteiger partial charge in [-0.05, 0) is 0 Å². The Morgan fingerprint density at radius 1 is 1.56 bits per heavy atom. The third-order valence-corrected chi connectivity index (χ3v) is 5.00. The van der Waals surface area contributed by atoms with Crippen molar-refractivity contribution < 1.29 is 0 Å². The van der Waals surface area contributed by atoms with Gasteiger partial charge in [0.05, 0.1) is 0 Å². The van der Waals surface area contributed by atoms with Crippen molar-refractivity contribution in [1.29, 1.82) is 0 Å². The molecule has 0 radical (unpaired) electrons. The SMILES string of the molecule is C=CCC(C(=[Se])SC(C)C)C1=CCCCC1. The van der Waals surface area contributed by atoms with E-state index in [0.29, 0.717) is 11.2 Å². The zero-order valence-electron chi connectivity index (χ0n) is 10.4. The molecule has 0 fully saturated rings. The molecule has 2 heteroatoms. The molecular formula is C14H22SSe. The molecule has 1 aliphatic rings. The van der Waals surface area contributed by atoms with Crippen molar-refractivity contribution >= 4 is 31.1 Å². The van der Waals surface area contributed by atoms with Gasteiger partial charge in [-0.3, -0.25) is 0 Å². The Morgan fingerprint density at radius 3 is 2.81 bits per heavy atom. The molecule has 1 atom stereocenters. The van der Waals surface area contributed by atoms with Crippen LogP contribution in [0.25, 0.3) is 0 Å². The van der Waals surface area contributed by atoms with E-state index in [2.05, 4.69) is 48.2 Å². The topological polar surface area (TPSA) is 0 Å². The monoisotopic (exact) mass is 302 g/mol. The number of allylic oxidation sites excluding steroid dienone is 3. The molecule has 0 aromatic heterocycles. The third-order valence-electron chi connectivity index (χ3n) is 2.81. The summed E-state index contributed by atoms with van der Waals surface area (Å²) in [6.45, 7) is 8.40. The maximum absolute atomic E-state index is 3.89. The number of rotatable bonds is 6. The molecule has 1 rings (SSSR count). The second-order valence-corrected chi connectivity index (χ2v) is 7.71. The second kappa shape index (κ2) is 7.53. The first-order valence-corrected chi connectivity index (χ1v) is 7.89. The van der Waals surface area contributed by atoms with Gasteiger partial charge in [-0.15, -0.1) is 0 Å². The first-order valence-electron chi connectivity index (χ1n) is 6.15. The van der Waals surface area contributed by atoms with Crippen molar-refractivity contribution in [2.45, 2.75) is 51.2 Å². The second-order valence-electron chi connectivity index (χ2n) is 4.59. The minimum atomic E-state index is 0.588. The average molecular weight is 301 g/mol. The molecule has 0 amide bonds. The molecule has 0 aromatic rings. The predicted octanol–water partition coefficient (Wildman–Crippen LogP) is 4.12. The Morgan fingerprint density at radius 2 is 2.31 bits per heavy atom. The summed E-state index contributed by atoms with van der Waals surface area (Å²) < 4.78 is 1.45. The van der Waals surface area contributed by atoms with Crippen molar-refractivity contribution in [3.05, 3.63) is 24.3 Å². The van der Waals surface area contributed by atoms with E-state index in [1.807, 2.05) is 11.8 Å². The van der Waals surface area contributed by atoms with Gasteiger partial charge in [-0.2, -0.15) is 0 Å². The van der Waals surface area contributed by atoms with Crippen LogP contribution in [0.2, 0.25) is 0 Å². The van der Waals surface area contributed by atoms with Gasteiger partial charge in [-0.1, -0.05) is 0 Å². The van der Waals surface area contributed by atoms with E-state index in [1.54, 1.807) is 5.57 Å². The van der Waals surface area contributed by atoms with Gasteiger partial charge in [0.15, 0.2) is 0 Å². The molecule has 0 nitrogen and oxygen atoms in total. The Labute approximate surface area is 112 Å². The quantitative estimate of drug-likeness (QED) is 0.525. The van der Waals surface area contributed by atoms with Crippen molar-refractivity contribution in [3.63, 3.8) is 0 Å². The van der Waals surface area contributed by atoms with E-state index in [1.165, 1.54) is 29.4 Å². The van der Waals surface area contributed by atoms with Gasteiger partial charge in [0.2, 0.25) is 0 Å². The number of thioether (sulfide) groups is 1. The van der Waals surface area contributed by atoms with E-state index >= 15 is 0 Å². The fourth-order valence-electron chi connectivity index (χ4n) is 2.06. The van der Waals surface area contributed by atoms with E-state index < -0.39 is 0 Å². The molecular weight excluding hydrogens is 279 g/mol. The van der Waals surface area contributed by atoms with Crippen molar-refractivity contribution in [1.82, 2.24) is 0 Å². The van der Waals surface area contributed by atoms with Gasteiger partial charge >= 0.3 is 113 Å². The van der Waals surface area contributed by atoms with Crippen LogP contribution in [0.3, 0.4) is 0 Å². The van der Waals surface area contributed by atoms with Crippen molar-refractivity contribution in [2.75, 3.05) is 0 Å². The Hall–Kier alpha value is 0.219. The van der Waals surface area contributed by atoms with Gasteiger partial charge in [-0.25, -0.2) is 0 Å². The average Bonchev–Trinajstić information content (AvgIpc) is 2.26. The number of hydrogen-bond acceptors (Lipinski definition) is 1. The van der Waals surface area contributed by atoms with Crippen molar-refractivity contribution in [2.24, 2.45) is 5.92 Å². The summed E-state index contributed by atoms with van der Waals surface area (Å²) in [6.07, 6.45) is 10.9. The Balaban J connectivity index is 2.68. The van der Waals surface area contributed by atoms with Crippen LogP contribution in [0.1, 0.15) is 46.0 Å². The summed E-state index contributed by atoms with van der Waals surface area (Å²) in [5, 5.41) is 0.660. The maximum atomic E-state index is 3.89. The van der Waals surface area contributed by atoms with Gasteiger partial charge in [0.25, 0.3) is 0 Å². The summed E-state index contributed by atoms with van der Waals surface area (Å²) in [5.41, 5.74) is 1.63. The standard InChI is InChI=1S/C14H22SSe/c1-4-8-13(14(16)15-11(2)3)12-9-6-5-7-10-12/h4,9,11,13H,1,5-8,10H2,2-3H3. The third kappa shape index (κ3) is 4.61. The summed E-state index contributed by atoms with van der Waals surface area (Å²) in [6, 6.07) is 0. The molecule has 90 valence electrons. The summed E-state index contributed by atoms with van der Waals surface area (Å²) >= 11 is 5.25. The summed E-state index contributed by atoms with van der Waals surface area (Å²) in [4.78, 5) is 0. The van der Waals surface area contributed by atoms with Crippen LogP contribution in [-0.2, 0) is 0 Å². The molecule has 0 N–H and O–H groups in total. The van der Waals surface area contributed by atoms with Crippen LogP contribution < -0.4 is 0 Å². The predicted molar refractivity (Wildman–Crippen MR) is 78.3 cm³/mol. The first-order chi connectivity index (χ1) is 7.65. The summed E-state index contributed by atoms with van der Waals surface area (Å²) in [7, 11) is 0. The molecule has 1 unspecified atom stereocenters. The zero-order chi connectivity index (χ0) is 12.0. The molecule has 0 bridgehead atoms. The van der Waals surface area contributed by atoms with Gasteiger partial charge in [0.1, 0.15) is 0 Å². The van der Waals surface area contributed by atoms with Gasteiger partial charge in [0, 0.05) is 0 Å². The van der Waals surface area contributed by atoms with Crippen LogP contribution in [-0.4, -0.2) is 24.6 Å². The fourth-order valence-corrected chi connectivity index (χ4v) is 4.67. The number of hydrogen-bond donors (Lipinski definition) is 0. The van der Waals surface area contributed by atoms with Crippen LogP contribution in [0.15, 0.2) is 24.3 Å². The van der Waals surface area contributed by atoms with E-state index in [-0.39, 0.29) is 0 Å². The van der Waals surface area contributed by atoms with Crippen molar-refractivity contribution in [3.8, 4) is 0 Å². The Kier molecular flexibility index (Phi) is 6.72. The van der Waals surface area contributed by atoms with Crippen LogP contribution in [0.5, 0.6) is 0 Å². The van der Waals surface area contributed by atoms with E-state index in [4.69, 9.17) is 0 Å². The molecule has 16 heavy (non-hydrogen) atoms. The summed E-state index contributed by atoms with van der Waals surface area (Å²) in [5.74, 6) is 0.588. The van der Waals surface area contributed by atoms with Crippen LogP contribution >= 0.6 is 11.8 Å². The molecule has 0 spiro atoms. The van der Waals surface area contributed by atoms with E-state index in [0.717, 1.165) is 6.42 Å². The van der Waals surface area contributed by atoms with Crippen LogP contribution in [0, 0.1) is 5.92 Å². The van der Waals surface area contributed by atoms with Gasteiger partial charge < -0.3 is 0 Å². The zero-order valence-corrected chi connectivity index (χ0v) is 12.9. The van der Waals surface area contributed by atoms with E-state index in [9.17, 15) is 0 Å². The minimum absolute atomic E-state index is 0.588. The molecule has 0 heterocycles. The molecule has 0 saturated heterocycles. The molecule has 0 aromatic carbocycles. The normalized spacial score (nSPS) is 18.1. The molecule has 0 saturated carbocycles. The molecule has 1 aliphatic carbocycles.